The predicted molar refractivity (Wildman–Crippen MR) is 76.4 cm³/mol. The molecule has 1 saturated heterocycles. The smallest absolute Gasteiger partial charge is 0.306 e. The van der Waals surface area contributed by atoms with E-state index in [0.717, 1.165) is 24.4 Å². The van der Waals surface area contributed by atoms with Gasteiger partial charge in [-0.3, -0.25) is 9.69 Å². The number of carboxylic acids is 1. The van der Waals surface area contributed by atoms with Gasteiger partial charge in [-0.2, -0.15) is 0 Å². The topological polar surface area (TPSA) is 40.5 Å². The van der Waals surface area contributed by atoms with E-state index in [1.165, 1.54) is 5.56 Å². The largest absolute Gasteiger partial charge is 0.481 e. The van der Waals surface area contributed by atoms with Crippen molar-refractivity contribution >= 4 is 17.6 Å². The molecule has 3 atom stereocenters. The molecule has 4 heteroatoms. The standard InChI is InChI=1S/C15H20ClNO2/c1-10-8-13(15(18)19)6-7-17(10)11(2)12-4-3-5-14(16)9-12/h3-5,9-11,13H,6-8H2,1-2H3,(H,18,19). The minimum absolute atomic E-state index is 0.196. The zero-order valence-electron chi connectivity index (χ0n) is 11.3. The van der Waals surface area contributed by atoms with E-state index in [9.17, 15) is 4.79 Å². The number of rotatable bonds is 3. The average molecular weight is 282 g/mol. The fraction of sp³-hybridized carbons (Fsp3) is 0.533. The van der Waals surface area contributed by atoms with Gasteiger partial charge < -0.3 is 5.11 Å². The van der Waals surface area contributed by atoms with Crippen LogP contribution >= 0.6 is 11.6 Å². The minimum Gasteiger partial charge on any atom is -0.481 e. The minimum atomic E-state index is -0.665. The Labute approximate surface area is 119 Å². The number of aliphatic carboxylic acids is 1. The van der Waals surface area contributed by atoms with Gasteiger partial charge >= 0.3 is 5.97 Å². The van der Waals surface area contributed by atoms with Crippen LogP contribution < -0.4 is 0 Å². The fourth-order valence-corrected chi connectivity index (χ4v) is 3.15. The number of hydrogen-bond donors (Lipinski definition) is 1. The second-order valence-corrected chi connectivity index (χ2v) is 5.81. The van der Waals surface area contributed by atoms with Gasteiger partial charge in [-0.25, -0.2) is 0 Å². The number of nitrogens with zero attached hydrogens (tertiary/aromatic N) is 1. The summed E-state index contributed by atoms with van der Waals surface area (Å²) in [4.78, 5) is 13.4. The van der Waals surface area contributed by atoms with Gasteiger partial charge in [0.05, 0.1) is 5.92 Å². The van der Waals surface area contributed by atoms with E-state index < -0.39 is 5.97 Å². The zero-order valence-corrected chi connectivity index (χ0v) is 12.1. The zero-order chi connectivity index (χ0) is 14.0. The molecule has 1 fully saturated rings. The highest BCUT2D eigenvalue weighted by atomic mass is 35.5. The highest BCUT2D eigenvalue weighted by Crippen LogP contribution is 2.31. The molecule has 3 nitrogen and oxygen atoms in total. The molecule has 0 amide bonds. The van der Waals surface area contributed by atoms with Gasteiger partial charge in [-0.15, -0.1) is 0 Å². The molecule has 0 aliphatic carbocycles. The number of benzene rings is 1. The maximum absolute atomic E-state index is 11.1. The van der Waals surface area contributed by atoms with Crippen molar-refractivity contribution in [1.29, 1.82) is 0 Å². The van der Waals surface area contributed by atoms with Crippen molar-refractivity contribution < 1.29 is 9.90 Å². The Morgan fingerprint density at radius 2 is 2.26 bits per heavy atom. The first-order valence-electron chi connectivity index (χ1n) is 6.73. The molecule has 0 aromatic heterocycles. The van der Waals surface area contributed by atoms with Crippen LogP contribution in [0.25, 0.3) is 0 Å². The third kappa shape index (κ3) is 3.28. The lowest BCUT2D eigenvalue weighted by Gasteiger charge is -2.40. The number of carbonyl (C=O) groups is 1. The number of halogens is 1. The molecular weight excluding hydrogens is 262 g/mol. The lowest BCUT2D eigenvalue weighted by atomic mass is 9.89. The lowest BCUT2D eigenvalue weighted by Crippen LogP contribution is -2.43. The van der Waals surface area contributed by atoms with Crippen molar-refractivity contribution in [2.24, 2.45) is 5.92 Å². The first-order valence-corrected chi connectivity index (χ1v) is 7.11. The molecule has 2 rings (SSSR count). The summed E-state index contributed by atoms with van der Waals surface area (Å²) in [5.41, 5.74) is 1.19. The van der Waals surface area contributed by atoms with Crippen molar-refractivity contribution in [1.82, 2.24) is 4.90 Å². The van der Waals surface area contributed by atoms with E-state index in [-0.39, 0.29) is 18.0 Å². The lowest BCUT2D eigenvalue weighted by molar-refractivity contribution is -0.144. The van der Waals surface area contributed by atoms with Gasteiger partial charge in [-0.05, 0) is 50.9 Å². The molecule has 1 N–H and O–H groups in total. The molecule has 0 bridgehead atoms. The molecule has 1 heterocycles. The molecule has 19 heavy (non-hydrogen) atoms. The monoisotopic (exact) mass is 281 g/mol. The molecule has 1 aliphatic heterocycles. The summed E-state index contributed by atoms with van der Waals surface area (Å²) in [7, 11) is 0. The van der Waals surface area contributed by atoms with E-state index in [0.29, 0.717) is 0 Å². The van der Waals surface area contributed by atoms with Crippen LogP contribution in [0.15, 0.2) is 24.3 Å². The van der Waals surface area contributed by atoms with Crippen LogP contribution in [0, 0.1) is 5.92 Å². The Hall–Kier alpha value is -1.06. The molecule has 3 unspecified atom stereocenters. The Morgan fingerprint density at radius 3 is 2.84 bits per heavy atom. The van der Waals surface area contributed by atoms with Crippen molar-refractivity contribution in [3.63, 3.8) is 0 Å². The van der Waals surface area contributed by atoms with Gasteiger partial charge in [0, 0.05) is 17.1 Å². The second-order valence-electron chi connectivity index (χ2n) is 5.38. The summed E-state index contributed by atoms with van der Waals surface area (Å²) >= 11 is 6.03. The molecule has 104 valence electrons. The average Bonchev–Trinajstić information content (AvgIpc) is 2.37. The third-order valence-electron chi connectivity index (χ3n) is 4.11. The SMILES string of the molecule is CC1CC(C(=O)O)CCN1C(C)c1cccc(Cl)c1. The van der Waals surface area contributed by atoms with Crippen LogP contribution in [-0.2, 0) is 4.79 Å². The van der Waals surface area contributed by atoms with E-state index in [4.69, 9.17) is 16.7 Å². The molecular formula is C15H20ClNO2. The molecule has 1 aromatic rings. The number of piperidine rings is 1. The summed E-state index contributed by atoms with van der Waals surface area (Å²) in [6.45, 7) is 5.09. The second kappa shape index (κ2) is 5.93. The summed E-state index contributed by atoms with van der Waals surface area (Å²) in [5, 5.41) is 9.85. The van der Waals surface area contributed by atoms with Crippen molar-refractivity contribution in [2.75, 3.05) is 6.54 Å². The maximum Gasteiger partial charge on any atom is 0.306 e. The quantitative estimate of drug-likeness (QED) is 0.920. The van der Waals surface area contributed by atoms with Gasteiger partial charge in [0.15, 0.2) is 0 Å². The Morgan fingerprint density at radius 1 is 1.53 bits per heavy atom. The van der Waals surface area contributed by atoms with Crippen LogP contribution in [0.5, 0.6) is 0 Å². The highest BCUT2D eigenvalue weighted by molar-refractivity contribution is 6.30. The van der Waals surface area contributed by atoms with Gasteiger partial charge in [0.25, 0.3) is 0 Å². The molecule has 1 aromatic carbocycles. The first kappa shape index (κ1) is 14.4. The van der Waals surface area contributed by atoms with Crippen LogP contribution in [0.4, 0.5) is 0 Å². The van der Waals surface area contributed by atoms with E-state index in [2.05, 4.69) is 24.8 Å². The predicted octanol–water partition coefficient (Wildman–Crippen LogP) is 3.59. The molecule has 1 aliphatic rings. The van der Waals surface area contributed by atoms with E-state index >= 15 is 0 Å². The third-order valence-corrected chi connectivity index (χ3v) is 4.34. The number of carboxylic acid groups (broad SMARTS) is 1. The molecule has 0 radical (unpaired) electrons. The fourth-order valence-electron chi connectivity index (χ4n) is 2.95. The Balaban J connectivity index is 2.08. The normalized spacial score (nSPS) is 26.1. The highest BCUT2D eigenvalue weighted by Gasteiger charge is 2.32. The van der Waals surface area contributed by atoms with Gasteiger partial charge in [0.1, 0.15) is 0 Å². The number of likely N-dealkylation sites (tertiary alicyclic amines) is 1. The number of hydrogen-bond acceptors (Lipinski definition) is 2. The Kier molecular flexibility index (Phi) is 4.48. The van der Waals surface area contributed by atoms with Crippen LogP contribution in [0.1, 0.15) is 38.3 Å². The summed E-state index contributed by atoms with van der Waals surface area (Å²) < 4.78 is 0. The summed E-state index contributed by atoms with van der Waals surface area (Å²) in [6.07, 6.45) is 1.45. The van der Waals surface area contributed by atoms with Gasteiger partial charge in [0.2, 0.25) is 0 Å². The Bertz CT molecular complexity index is 463. The van der Waals surface area contributed by atoms with Crippen molar-refractivity contribution in [2.45, 2.75) is 38.8 Å². The van der Waals surface area contributed by atoms with Gasteiger partial charge in [-0.1, -0.05) is 23.7 Å². The van der Waals surface area contributed by atoms with Crippen LogP contribution in [-0.4, -0.2) is 28.6 Å². The van der Waals surface area contributed by atoms with Crippen molar-refractivity contribution in [3.8, 4) is 0 Å². The van der Waals surface area contributed by atoms with Crippen LogP contribution in [0.2, 0.25) is 5.02 Å². The molecule has 0 spiro atoms. The van der Waals surface area contributed by atoms with Crippen LogP contribution in [0.3, 0.4) is 0 Å². The molecule has 0 saturated carbocycles. The maximum atomic E-state index is 11.1. The first-order chi connectivity index (χ1) is 8.99. The van der Waals surface area contributed by atoms with E-state index in [1.807, 2.05) is 18.2 Å². The summed E-state index contributed by atoms with van der Waals surface area (Å²) in [5.74, 6) is -0.861. The van der Waals surface area contributed by atoms with E-state index in [1.54, 1.807) is 0 Å². The summed E-state index contributed by atoms with van der Waals surface area (Å²) in [6, 6.07) is 8.45. The van der Waals surface area contributed by atoms with Crippen molar-refractivity contribution in [3.05, 3.63) is 34.9 Å².